The van der Waals surface area contributed by atoms with Gasteiger partial charge < -0.3 is 14.3 Å². The minimum atomic E-state index is -0.618. The van der Waals surface area contributed by atoms with Crippen molar-refractivity contribution in [3.8, 4) is 0 Å². The molecule has 0 aromatic carbocycles. The molecule has 1 saturated heterocycles. The summed E-state index contributed by atoms with van der Waals surface area (Å²) in [5.41, 5.74) is 0.162. The van der Waals surface area contributed by atoms with E-state index in [1.165, 1.54) is 7.11 Å². The molecule has 0 radical (unpaired) electrons. The topological polar surface area (TPSA) is 62.9 Å². The van der Waals surface area contributed by atoms with Crippen molar-refractivity contribution in [3.05, 3.63) is 23.2 Å². The minimum Gasteiger partial charge on any atom is -0.463 e. The molecule has 2 rings (SSSR count). The van der Waals surface area contributed by atoms with Crippen molar-refractivity contribution < 1.29 is 19.1 Å². The van der Waals surface area contributed by atoms with Crippen molar-refractivity contribution >= 4 is 5.97 Å². The van der Waals surface area contributed by atoms with Crippen LogP contribution in [-0.2, 0) is 11.3 Å². The van der Waals surface area contributed by atoms with Gasteiger partial charge in [0.05, 0.1) is 19.3 Å². The lowest BCUT2D eigenvalue weighted by Gasteiger charge is -2.17. The highest BCUT2D eigenvalue weighted by molar-refractivity contribution is 5.87. The van der Waals surface area contributed by atoms with E-state index in [9.17, 15) is 9.90 Å². The highest BCUT2D eigenvalue weighted by Crippen LogP contribution is 2.24. The van der Waals surface area contributed by atoms with E-state index in [1.54, 1.807) is 0 Å². The molecule has 5 heteroatoms. The van der Waals surface area contributed by atoms with Gasteiger partial charge in [0, 0.05) is 18.7 Å². The molecule has 1 unspecified atom stereocenters. The number of aliphatic hydroxyl groups is 1. The number of rotatable bonds is 3. The summed E-state index contributed by atoms with van der Waals surface area (Å²) in [6.07, 6.45) is 0.760. The summed E-state index contributed by atoms with van der Waals surface area (Å²) >= 11 is 0. The van der Waals surface area contributed by atoms with Gasteiger partial charge in [0.25, 0.3) is 0 Å². The number of aryl methyl sites for hydroxylation is 1. The maximum Gasteiger partial charge on any atom is 0.374 e. The normalized spacial score (nSPS) is 24.4. The van der Waals surface area contributed by atoms with Crippen molar-refractivity contribution in [2.45, 2.75) is 32.4 Å². The molecule has 0 amide bonds. The third-order valence-electron chi connectivity index (χ3n) is 3.25. The number of carbonyl (C=O) groups excluding carboxylic acids is 1. The fraction of sp³-hybridized carbons (Fsp3) is 0.615. The van der Waals surface area contributed by atoms with Gasteiger partial charge in [-0.2, -0.15) is 0 Å². The summed E-state index contributed by atoms with van der Waals surface area (Å²) in [4.78, 5) is 13.5. The molecule has 1 aliphatic heterocycles. The van der Waals surface area contributed by atoms with Gasteiger partial charge in [-0.3, -0.25) is 4.90 Å². The quantitative estimate of drug-likeness (QED) is 0.823. The Kier molecular flexibility index (Phi) is 3.45. The molecule has 0 saturated carbocycles. The van der Waals surface area contributed by atoms with Crippen molar-refractivity contribution in [2.24, 2.45) is 0 Å². The lowest BCUT2D eigenvalue weighted by Crippen LogP contribution is -2.29. The van der Waals surface area contributed by atoms with Gasteiger partial charge in [0.15, 0.2) is 0 Å². The Morgan fingerprint density at radius 3 is 2.94 bits per heavy atom. The standard InChI is InChI=1S/C13H19NO4/c1-9-6-10(18-11(9)12(15)17-3)7-14-5-4-13(2,16)8-14/h6,16H,4-5,7-8H2,1-3H3. The Morgan fingerprint density at radius 1 is 1.67 bits per heavy atom. The zero-order valence-electron chi connectivity index (χ0n) is 11.0. The second kappa shape index (κ2) is 4.74. The largest absolute Gasteiger partial charge is 0.463 e. The first-order valence-electron chi connectivity index (χ1n) is 6.04. The number of β-amino-alcohol motifs (C(OH)–C–C–N with tert-alkyl or cyclic N) is 1. The molecule has 0 bridgehead atoms. The SMILES string of the molecule is COC(=O)c1oc(CN2CCC(C)(O)C2)cc1C. The molecular formula is C13H19NO4. The lowest BCUT2D eigenvalue weighted by molar-refractivity contribution is 0.0554. The van der Waals surface area contributed by atoms with Crippen LogP contribution in [0.4, 0.5) is 0 Å². The van der Waals surface area contributed by atoms with Gasteiger partial charge in [-0.25, -0.2) is 4.79 Å². The van der Waals surface area contributed by atoms with Gasteiger partial charge in [0.2, 0.25) is 5.76 Å². The van der Waals surface area contributed by atoms with E-state index in [-0.39, 0.29) is 5.76 Å². The Bertz CT molecular complexity index is 450. The molecule has 18 heavy (non-hydrogen) atoms. The number of ether oxygens (including phenoxy) is 1. The van der Waals surface area contributed by atoms with Crippen LogP contribution in [0.2, 0.25) is 0 Å². The average molecular weight is 253 g/mol. The molecule has 100 valence electrons. The number of hydrogen-bond acceptors (Lipinski definition) is 5. The molecule has 1 aromatic rings. The van der Waals surface area contributed by atoms with E-state index in [1.807, 2.05) is 19.9 Å². The first-order valence-corrected chi connectivity index (χ1v) is 6.04. The fourth-order valence-corrected chi connectivity index (χ4v) is 2.32. The van der Waals surface area contributed by atoms with Gasteiger partial charge in [-0.1, -0.05) is 0 Å². The molecule has 1 aromatic heterocycles. The van der Waals surface area contributed by atoms with E-state index < -0.39 is 11.6 Å². The Balaban J connectivity index is 2.05. The van der Waals surface area contributed by atoms with Gasteiger partial charge in [-0.15, -0.1) is 0 Å². The van der Waals surface area contributed by atoms with Crippen LogP contribution < -0.4 is 0 Å². The van der Waals surface area contributed by atoms with Gasteiger partial charge in [-0.05, 0) is 26.3 Å². The fourth-order valence-electron chi connectivity index (χ4n) is 2.32. The first-order chi connectivity index (χ1) is 8.41. The van der Waals surface area contributed by atoms with E-state index in [2.05, 4.69) is 9.64 Å². The number of esters is 1. The maximum absolute atomic E-state index is 11.4. The number of likely N-dealkylation sites (tertiary alicyclic amines) is 1. The van der Waals surface area contributed by atoms with Crippen LogP contribution in [0, 0.1) is 6.92 Å². The Hall–Kier alpha value is -1.33. The third-order valence-corrected chi connectivity index (χ3v) is 3.25. The van der Waals surface area contributed by atoms with Gasteiger partial charge >= 0.3 is 5.97 Å². The monoisotopic (exact) mass is 253 g/mol. The first kappa shape index (κ1) is 13.1. The van der Waals surface area contributed by atoms with Crippen LogP contribution in [0.5, 0.6) is 0 Å². The molecular weight excluding hydrogens is 234 g/mol. The van der Waals surface area contributed by atoms with Crippen molar-refractivity contribution in [3.63, 3.8) is 0 Å². The van der Waals surface area contributed by atoms with E-state index >= 15 is 0 Å². The number of methoxy groups -OCH3 is 1. The van der Waals surface area contributed by atoms with Gasteiger partial charge in [0.1, 0.15) is 5.76 Å². The zero-order valence-corrected chi connectivity index (χ0v) is 11.0. The number of hydrogen-bond donors (Lipinski definition) is 1. The maximum atomic E-state index is 11.4. The summed E-state index contributed by atoms with van der Waals surface area (Å²) in [7, 11) is 1.33. The molecule has 0 spiro atoms. The van der Waals surface area contributed by atoms with Crippen LogP contribution in [-0.4, -0.2) is 41.8 Å². The predicted molar refractivity (Wildman–Crippen MR) is 65.3 cm³/mol. The number of nitrogens with zero attached hydrogens (tertiary/aromatic N) is 1. The van der Waals surface area contributed by atoms with Crippen molar-refractivity contribution in [1.29, 1.82) is 0 Å². The summed E-state index contributed by atoms with van der Waals surface area (Å²) < 4.78 is 10.1. The highest BCUT2D eigenvalue weighted by Gasteiger charge is 2.31. The molecule has 1 fully saturated rings. The second-order valence-electron chi connectivity index (χ2n) is 5.17. The van der Waals surface area contributed by atoms with Crippen LogP contribution in [0.3, 0.4) is 0 Å². The Labute approximate surface area is 106 Å². The number of carbonyl (C=O) groups is 1. The van der Waals surface area contributed by atoms with Crippen LogP contribution in [0.15, 0.2) is 10.5 Å². The molecule has 1 atom stereocenters. The van der Waals surface area contributed by atoms with Crippen LogP contribution in [0.1, 0.15) is 35.2 Å². The van der Waals surface area contributed by atoms with E-state index in [4.69, 9.17) is 4.42 Å². The van der Waals surface area contributed by atoms with Crippen LogP contribution >= 0.6 is 0 Å². The molecule has 5 nitrogen and oxygen atoms in total. The van der Waals surface area contributed by atoms with Crippen molar-refractivity contribution in [1.82, 2.24) is 4.90 Å². The van der Waals surface area contributed by atoms with Crippen LogP contribution in [0.25, 0.3) is 0 Å². The smallest absolute Gasteiger partial charge is 0.374 e. The summed E-state index contributed by atoms with van der Waals surface area (Å²) in [5, 5.41) is 9.88. The summed E-state index contributed by atoms with van der Waals surface area (Å²) in [6, 6.07) is 1.85. The highest BCUT2D eigenvalue weighted by atomic mass is 16.5. The molecule has 2 heterocycles. The average Bonchev–Trinajstić information content (AvgIpc) is 2.81. The summed E-state index contributed by atoms with van der Waals surface area (Å²) in [5.74, 6) is 0.538. The molecule has 0 aliphatic carbocycles. The second-order valence-corrected chi connectivity index (χ2v) is 5.17. The van der Waals surface area contributed by atoms with E-state index in [0.717, 1.165) is 24.3 Å². The third kappa shape index (κ3) is 2.73. The van der Waals surface area contributed by atoms with E-state index in [0.29, 0.717) is 13.1 Å². The minimum absolute atomic E-state index is 0.262. The molecule has 1 aliphatic rings. The summed E-state index contributed by atoms with van der Waals surface area (Å²) in [6.45, 7) is 5.72. The number of furan rings is 1. The Morgan fingerprint density at radius 2 is 2.39 bits per heavy atom. The van der Waals surface area contributed by atoms with Crippen molar-refractivity contribution in [2.75, 3.05) is 20.2 Å². The predicted octanol–water partition coefficient (Wildman–Crippen LogP) is 1.33. The lowest BCUT2D eigenvalue weighted by atomic mass is 10.1. The zero-order chi connectivity index (χ0) is 13.3. The molecule has 1 N–H and O–H groups in total.